The van der Waals surface area contributed by atoms with Crippen molar-refractivity contribution in [3.8, 4) is 11.8 Å². The Morgan fingerprint density at radius 2 is 1.98 bits per heavy atom. The van der Waals surface area contributed by atoms with Gasteiger partial charge in [-0.05, 0) is 62.2 Å². The number of benzene rings is 1. The summed E-state index contributed by atoms with van der Waals surface area (Å²) >= 11 is 1.27. The zero-order valence-electron chi connectivity index (χ0n) is 25.4. The number of allylic oxidation sites excluding steroid dienone is 1. The van der Waals surface area contributed by atoms with Crippen LogP contribution in [-0.4, -0.2) is 88.9 Å². The topological polar surface area (TPSA) is 75.2 Å². The summed E-state index contributed by atoms with van der Waals surface area (Å²) in [5.41, 5.74) is 1.47. The monoisotopic (exact) mass is 891 g/mol. The number of halogens is 3. The average Bonchev–Trinajstić information content (AvgIpc) is 3.15. The van der Waals surface area contributed by atoms with Gasteiger partial charge in [0.25, 0.3) is 5.91 Å². The van der Waals surface area contributed by atoms with Crippen LogP contribution in [0.1, 0.15) is 42.5 Å². The molecule has 2 aromatic rings. The molecule has 1 fully saturated rings. The molecule has 2 N–H and O–H groups in total. The molecule has 4 heterocycles. The first kappa shape index (κ1) is 34.0. The third kappa shape index (κ3) is 9.54. The minimum Gasteiger partial charge on any atom is -0.410 e. The van der Waals surface area contributed by atoms with Crippen LogP contribution >= 0.6 is 11.3 Å². The maximum Gasteiger partial charge on any atom is 0.393 e. The van der Waals surface area contributed by atoms with Crippen LogP contribution in [0.5, 0.6) is 0 Å². The Kier molecular flexibility index (Phi) is 12.0. The average molecular weight is 892 g/mol. The number of carbonyl (C=O) groups excluding carboxylic acids is 1. The van der Waals surface area contributed by atoms with Crippen LogP contribution in [0.4, 0.5) is 18.9 Å². The molecule has 1 aromatic carbocycles. The van der Waals surface area contributed by atoms with E-state index in [1.165, 1.54) is 17.3 Å². The van der Waals surface area contributed by atoms with Gasteiger partial charge in [0.15, 0.2) is 0 Å². The number of alkyl halides is 3. The van der Waals surface area contributed by atoms with Gasteiger partial charge < -0.3 is 25.0 Å². The van der Waals surface area contributed by atoms with E-state index in [0.717, 1.165) is 55.6 Å². The van der Waals surface area contributed by atoms with E-state index in [-0.39, 0.29) is 30.0 Å². The predicted molar refractivity (Wildman–Crippen MR) is 169 cm³/mol. The molecular weight excluding hydrogens is 851 g/mol. The van der Waals surface area contributed by atoms with Gasteiger partial charge in [-0.1, -0.05) is 36.1 Å². The Bertz CT molecular complexity index is 1420. The molecule has 0 saturated carbocycles. The second kappa shape index (κ2) is 15.9. The number of likely N-dealkylation sites (tertiary alicyclic amines) is 1. The molecule has 7 nitrogen and oxygen atoms in total. The molecule has 5 rings (SSSR count). The molecule has 1 aromatic heterocycles. The second-order valence-corrected chi connectivity index (χ2v) is 12.6. The van der Waals surface area contributed by atoms with Crippen LogP contribution < -0.4 is 10.6 Å². The molecule has 1 amide bonds. The van der Waals surface area contributed by atoms with Crippen molar-refractivity contribution < 1.29 is 27.4 Å². The number of fused-ring (bicyclic) bond motifs is 3. The molecule has 45 heavy (non-hydrogen) atoms. The summed E-state index contributed by atoms with van der Waals surface area (Å²) in [6, 6.07) is 5.55. The molecule has 2 atom stereocenters. The maximum absolute atomic E-state index is 13.7. The number of aliphatic imine (C=N–C) groups is 1. The summed E-state index contributed by atoms with van der Waals surface area (Å²) in [5.74, 6) is 7.08. The number of nitrogens with zero attached hydrogens (tertiary/aromatic N) is 2. The van der Waals surface area contributed by atoms with E-state index in [2.05, 4.69) is 39.4 Å². The Morgan fingerprint density at radius 1 is 1.16 bits per heavy atom. The third-order valence-corrected chi connectivity index (χ3v) is 9.37. The molecule has 4 bridgehead atoms. The fraction of sp³-hybridized carbons (Fsp3) is 0.545. The molecule has 12 heteroatoms. The van der Waals surface area contributed by atoms with Gasteiger partial charge in [0.2, 0.25) is 0 Å². The number of thiophene rings is 1. The third-order valence-electron chi connectivity index (χ3n) is 8.17. The first-order chi connectivity index (χ1) is 21.3. The Morgan fingerprint density at radius 3 is 2.80 bits per heavy atom. The fourth-order valence-corrected chi connectivity index (χ4v) is 7.11. The fourth-order valence-electron chi connectivity index (χ4n) is 5.94. The van der Waals surface area contributed by atoms with Crippen molar-refractivity contribution >= 4 is 39.2 Å². The smallest absolute Gasteiger partial charge is 0.393 e. The van der Waals surface area contributed by atoms with Crippen LogP contribution in [0.25, 0.3) is 10.1 Å². The van der Waals surface area contributed by atoms with Crippen molar-refractivity contribution in [1.82, 2.24) is 10.2 Å². The molecular formula is C33H40F3LrN4O3S-. The molecule has 1 radical (unpaired) electrons. The molecule has 1 saturated heterocycles. The summed E-state index contributed by atoms with van der Waals surface area (Å²) < 4.78 is 53.6. The largest absolute Gasteiger partial charge is 0.410 e. The van der Waals surface area contributed by atoms with E-state index in [0.29, 0.717) is 48.8 Å². The summed E-state index contributed by atoms with van der Waals surface area (Å²) in [6.45, 7) is 4.67. The van der Waals surface area contributed by atoms with E-state index in [1.54, 1.807) is 18.3 Å². The zero-order chi connectivity index (χ0) is 30.9. The Labute approximate surface area is 261 Å². The van der Waals surface area contributed by atoms with Gasteiger partial charge in [-0.15, -0.1) is 17.9 Å². The number of amides is 1. The van der Waals surface area contributed by atoms with E-state index in [9.17, 15) is 18.0 Å². The quantitative estimate of drug-likeness (QED) is 0.297. The first-order valence-corrected chi connectivity index (χ1v) is 16.1. The van der Waals surface area contributed by atoms with Crippen LogP contribution in [0.2, 0.25) is 0 Å². The normalized spacial score (nSPS) is 23.3. The first-order valence-electron chi connectivity index (χ1n) is 15.3. The minimum absolute atomic E-state index is 0. The number of hydrogen-bond donors (Lipinski definition) is 2. The van der Waals surface area contributed by atoms with Gasteiger partial charge in [-0.25, -0.2) is 0 Å². The van der Waals surface area contributed by atoms with Gasteiger partial charge in [0.1, 0.15) is 0 Å². The number of rotatable bonds is 1. The maximum atomic E-state index is 13.7. The van der Waals surface area contributed by atoms with E-state index in [1.807, 2.05) is 12.1 Å². The number of ether oxygens (including phenoxy) is 2. The van der Waals surface area contributed by atoms with Crippen LogP contribution in [0.15, 0.2) is 34.8 Å². The van der Waals surface area contributed by atoms with Crippen molar-refractivity contribution in [3.63, 3.8) is 0 Å². The molecule has 1 unspecified atom stereocenters. The van der Waals surface area contributed by atoms with Gasteiger partial charge in [0.05, 0.1) is 41.3 Å². The Balaban J connectivity index is 0.00000461. The molecule has 253 valence electrons. The zero-order valence-corrected chi connectivity index (χ0v) is 28.3. The van der Waals surface area contributed by atoms with Gasteiger partial charge >= 0.3 is 6.18 Å². The summed E-state index contributed by atoms with van der Waals surface area (Å²) in [6.07, 6.45) is 2.40. The van der Waals surface area contributed by atoms with Crippen molar-refractivity contribution in [3.05, 3.63) is 46.2 Å². The summed E-state index contributed by atoms with van der Waals surface area (Å²) in [4.78, 5) is 19.9. The molecule has 0 spiro atoms. The number of anilines is 1. The van der Waals surface area contributed by atoms with Gasteiger partial charge in [-0.3, -0.25) is 15.7 Å². The van der Waals surface area contributed by atoms with Gasteiger partial charge in [0, 0.05) is 31.7 Å². The predicted octanol–water partition coefficient (Wildman–Crippen LogP) is 5.40. The number of hydrogen-bond acceptors (Lipinski definition) is 7. The molecule has 3 aliphatic rings. The van der Waals surface area contributed by atoms with E-state index in [4.69, 9.17) is 9.47 Å². The van der Waals surface area contributed by atoms with Crippen molar-refractivity contribution in [2.75, 3.05) is 65.0 Å². The van der Waals surface area contributed by atoms with Crippen molar-refractivity contribution in [2.45, 2.75) is 50.7 Å². The Hall–Kier alpha value is -3.91. The second-order valence-electron chi connectivity index (χ2n) is 11.6. The van der Waals surface area contributed by atoms with E-state index >= 15 is 0 Å². The van der Waals surface area contributed by atoms with Crippen LogP contribution in [-0.2, 0) is 20.7 Å². The van der Waals surface area contributed by atoms with Crippen LogP contribution in [0.3, 0.4) is 0 Å². The number of piperidine rings is 1. The van der Waals surface area contributed by atoms with Gasteiger partial charge in [-0.2, -0.15) is 19.6 Å². The van der Waals surface area contributed by atoms with E-state index < -0.39 is 12.6 Å². The van der Waals surface area contributed by atoms with Crippen molar-refractivity contribution in [2.24, 2.45) is 10.9 Å². The number of carbonyl (C=O) groups is 1. The molecule has 3 aliphatic heterocycles. The minimum atomic E-state index is -4.38. The van der Waals surface area contributed by atoms with Crippen molar-refractivity contribution in [1.29, 1.82) is 0 Å². The SMILES string of the molecule is CN1CC[C@H]2Nc3cccc4c(CC(F)(F)F)c(sc34)C#CCNC(=O)C3=CC(CCCOCCOCC[C-]2C1)CCN=C3.[Lr]. The number of nitrogens with one attached hydrogen (secondary N) is 2. The standard InChI is InChI=1S/C33H40F3N4O3S.Lr/c1-40-14-10-28-24(22-40)11-16-43-18-17-42-15-4-5-23-9-13-37-21-25(19-23)32(41)38-12-3-8-30-27(20-33(34,35)36)26-6-2-7-29(39-28)31(26)44-30;/h2,6-7,19,21,23,28,39H,4-5,9-18,20,22H2,1H3,(H,38,41);/q-1;/t23?,28-;/m1./s1. The molecule has 0 aliphatic carbocycles. The van der Waals surface area contributed by atoms with Crippen LogP contribution in [0, 0.1) is 23.7 Å². The summed E-state index contributed by atoms with van der Waals surface area (Å²) in [7, 11) is 2.10. The summed E-state index contributed by atoms with van der Waals surface area (Å²) in [5, 5.41) is 7.01.